The average molecular weight is 354 g/mol. The fraction of sp³-hybridized carbons (Fsp3) is 0.684. The summed E-state index contributed by atoms with van der Waals surface area (Å²) >= 11 is 3.52. The van der Waals surface area contributed by atoms with Crippen LogP contribution in [0, 0.1) is 11.8 Å². The quantitative estimate of drug-likeness (QED) is 0.620. The standard InChI is InChI=1S/C19H32BrN/c1-6-15(7-2)12-17(14-21-19(3,4)5)13-16-8-10-18(20)11-9-16/h8-11,15,17,21H,6-7,12-14H2,1-5H3. The third-order valence-corrected chi connectivity index (χ3v) is 4.71. The summed E-state index contributed by atoms with van der Waals surface area (Å²) in [6.07, 6.45) is 5.09. The van der Waals surface area contributed by atoms with E-state index in [4.69, 9.17) is 0 Å². The molecule has 0 radical (unpaired) electrons. The molecule has 1 atom stereocenters. The van der Waals surface area contributed by atoms with Crippen LogP contribution in [0.5, 0.6) is 0 Å². The van der Waals surface area contributed by atoms with Gasteiger partial charge in [0.05, 0.1) is 0 Å². The zero-order chi connectivity index (χ0) is 15.9. The van der Waals surface area contributed by atoms with Crippen molar-refractivity contribution in [3.05, 3.63) is 34.3 Å². The second-order valence-electron chi connectivity index (χ2n) is 7.25. The summed E-state index contributed by atoms with van der Waals surface area (Å²) in [7, 11) is 0. The summed E-state index contributed by atoms with van der Waals surface area (Å²) in [4.78, 5) is 0. The maximum atomic E-state index is 3.70. The molecule has 0 spiro atoms. The van der Waals surface area contributed by atoms with E-state index >= 15 is 0 Å². The van der Waals surface area contributed by atoms with Gasteiger partial charge in [-0.25, -0.2) is 0 Å². The first-order chi connectivity index (χ1) is 9.84. The van der Waals surface area contributed by atoms with Gasteiger partial charge in [0.1, 0.15) is 0 Å². The molecule has 0 aromatic heterocycles. The Hall–Kier alpha value is -0.340. The van der Waals surface area contributed by atoms with Gasteiger partial charge in [-0.15, -0.1) is 0 Å². The Morgan fingerprint density at radius 2 is 1.57 bits per heavy atom. The number of rotatable bonds is 8. The van der Waals surface area contributed by atoms with Crippen molar-refractivity contribution in [1.82, 2.24) is 5.32 Å². The molecule has 1 N–H and O–H groups in total. The molecule has 1 aromatic carbocycles. The third kappa shape index (κ3) is 8.01. The number of benzene rings is 1. The highest BCUT2D eigenvalue weighted by molar-refractivity contribution is 9.10. The molecular formula is C19H32BrN. The average Bonchev–Trinajstić information content (AvgIpc) is 2.43. The molecule has 0 saturated heterocycles. The van der Waals surface area contributed by atoms with Crippen LogP contribution in [0.4, 0.5) is 0 Å². The van der Waals surface area contributed by atoms with E-state index in [2.05, 4.69) is 80.1 Å². The molecule has 0 aliphatic carbocycles. The molecule has 21 heavy (non-hydrogen) atoms. The summed E-state index contributed by atoms with van der Waals surface area (Å²) in [6, 6.07) is 8.81. The van der Waals surface area contributed by atoms with Crippen LogP contribution in [0.15, 0.2) is 28.7 Å². The van der Waals surface area contributed by atoms with Crippen LogP contribution in [0.2, 0.25) is 0 Å². The minimum absolute atomic E-state index is 0.200. The number of hydrogen-bond donors (Lipinski definition) is 1. The maximum Gasteiger partial charge on any atom is 0.0175 e. The van der Waals surface area contributed by atoms with Gasteiger partial charge in [0.15, 0.2) is 0 Å². The number of nitrogens with one attached hydrogen (secondary N) is 1. The Bertz CT molecular complexity index is 387. The topological polar surface area (TPSA) is 12.0 Å². The van der Waals surface area contributed by atoms with E-state index in [1.807, 2.05) is 0 Å². The van der Waals surface area contributed by atoms with Crippen molar-refractivity contribution in [2.24, 2.45) is 11.8 Å². The Labute approximate surface area is 140 Å². The molecule has 120 valence electrons. The van der Waals surface area contributed by atoms with Gasteiger partial charge in [-0.1, -0.05) is 54.8 Å². The lowest BCUT2D eigenvalue weighted by molar-refractivity contribution is 0.306. The van der Waals surface area contributed by atoms with Crippen molar-refractivity contribution >= 4 is 15.9 Å². The molecule has 0 aliphatic rings. The SMILES string of the molecule is CCC(CC)CC(CNC(C)(C)C)Cc1ccc(Br)cc1. The fourth-order valence-electron chi connectivity index (χ4n) is 2.74. The highest BCUT2D eigenvalue weighted by Gasteiger charge is 2.18. The maximum absolute atomic E-state index is 3.70. The second-order valence-corrected chi connectivity index (χ2v) is 8.16. The molecular weight excluding hydrogens is 322 g/mol. The van der Waals surface area contributed by atoms with Crippen molar-refractivity contribution in [1.29, 1.82) is 0 Å². The summed E-state index contributed by atoms with van der Waals surface area (Å²) in [5.74, 6) is 1.57. The molecule has 0 fully saturated rings. The smallest absolute Gasteiger partial charge is 0.0175 e. The zero-order valence-corrected chi connectivity index (χ0v) is 16.0. The van der Waals surface area contributed by atoms with Gasteiger partial charge >= 0.3 is 0 Å². The molecule has 0 heterocycles. The van der Waals surface area contributed by atoms with E-state index in [9.17, 15) is 0 Å². The number of hydrogen-bond acceptors (Lipinski definition) is 1. The van der Waals surface area contributed by atoms with Gasteiger partial charge in [-0.2, -0.15) is 0 Å². The first kappa shape index (κ1) is 18.7. The highest BCUT2D eigenvalue weighted by Crippen LogP contribution is 2.23. The van der Waals surface area contributed by atoms with Crippen LogP contribution in [0.1, 0.15) is 59.4 Å². The molecule has 0 aliphatic heterocycles. The summed E-state index contributed by atoms with van der Waals surface area (Å²) in [5, 5.41) is 3.70. The van der Waals surface area contributed by atoms with Crippen molar-refractivity contribution in [2.45, 2.75) is 65.8 Å². The lowest BCUT2D eigenvalue weighted by Crippen LogP contribution is -2.40. The Balaban J connectivity index is 2.68. The van der Waals surface area contributed by atoms with E-state index in [1.54, 1.807) is 0 Å². The van der Waals surface area contributed by atoms with Gasteiger partial charge in [0.2, 0.25) is 0 Å². The van der Waals surface area contributed by atoms with Gasteiger partial charge in [0, 0.05) is 10.0 Å². The molecule has 0 bridgehead atoms. The minimum atomic E-state index is 0.200. The van der Waals surface area contributed by atoms with E-state index in [0.717, 1.165) is 22.9 Å². The van der Waals surface area contributed by atoms with Crippen LogP contribution in [-0.4, -0.2) is 12.1 Å². The predicted octanol–water partition coefficient (Wildman–Crippen LogP) is 5.82. The molecule has 1 aromatic rings. The zero-order valence-electron chi connectivity index (χ0n) is 14.4. The van der Waals surface area contributed by atoms with Crippen molar-refractivity contribution < 1.29 is 0 Å². The van der Waals surface area contributed by atoms with Crippen LogP contribution in [0.25, 0.3) is 0 Å². The Kier molecular flexibility index (Phi) is 7.97. The van der Waals surface area contributed by atoms with Gasteiger partial charge in [-0.05, 0) is 69.7 Å². The van der Waals surface area contributed by atoms with Crippen molar-refractivity contribution in [2.75, 3.05) is 6.54 Å². The summed E-state index contributed by atoms with van der Waals surface area (Å²) in [5.41, 5.74) is 1.65. The van der Waals surface area contributed by atoms with Crippen molar-refractivity contribution in [3.63, 3.8) is 0 Å². The van der Waals surface area contributed by atoms with Crippen LogP contribution in [0.3, 0.4) is 0 Å². The van der Waals surface area contributed by atoms with Crippen LogP contribution in [-0.2, 0) is 6.42 Å². The van der Waals surface area contributed by atoms with Gasteiger partial charge in [0.25, 0.3) is 0 Å². The fourth-order valence-corrected chi connectivity index (χ4v) is 3.00. The largest absolute Gasteiger partial charge is 0.312 e. The predicted molar refractivity (Wildman–Crippen MR) is 97.8 cm³/mol. The summed E-state index contributed by atoms with van der Waals surface area (Å²) < 4.78 is 1.16. The first-order valence-corrected chi connectivity index (χ1v) is 9.12. The van der Waals surface area contributed by atoms with E-state index in [1.165, 1.54) is 31.2 Å². The Morgan fingerprint density at radius 3 is 2.05 bits per heavy atom. The molecule has 0 saturated carbocycles. The van der Waals surface area contributed by atoms with E-state index in [-0.39, 0.29) is 5.54 Å². The second kappa shape index (κ2) is 8.95. The Morgan fingerprint density at radius 1 is 1.00 bits per heavy atom. The van der Waals surface area contributed by atoms with Gasteiger partial charge < -0.3 is 5.32 Å². The van der Waals surface area contributed by atoms with Crippen LogP contribution < -0.4 is 5.32 Å². The summed E-state index contributed by atoms with van der Waals surface area (Å²) in [6.45, 7) is 12.5. The molecule has 0 amide bonds. The molecule has 2 heteroatoms. The number of halogens is 1. The van der Waals surface area contributed by atoms with Gasteiger partial charge in [-0.3, -0.25) is 0 Å². The monoisotopic (exact) mass is 353 g/mol. The van der Waals surface area contributed by atoms with E-state index in [0.29, 0.717) is 0 Å². The van der Waals surface area contributed by atoms with Crippen molar-refractivity contribution in [3.8, 4) is 0 Å². The molecule has 1 unspecified atom stereocenters. The lowest BCUT2D eigenvalue weighted by Gasteiger charge is -2.27. The highest BCUT2D eigenvalue weighted by atomic mass is 79.9. The first-order valence-electron chi connectivity index (χ1n) is 8.33. The van der Waals surface area contributed by atoms with Crippen LogP contribution >= 0.6 is 15.9 Å². The molecule has 1 rings (SSSR count). The minimum Gasteiger partial charge on any atom is -0.312 e. The molecule has 1 nitrogen and oxygen atoms in total. The normalized spacial score (nSPS) is 13.7. The van der Waals surface area contributed by atoms with E-state index < -0.39 is 0 Å². The lowest BCUT2D eigenvalue weighted by atomic mass is 9.86. The third-order valence-electron chi connectivity index (χ3n) is 4.18.